The van der Waals surface area contributed by atoms with Gasteiger partial charge in [0, 0.05) is 12.3 Å². The van der Waals surface area contributed by atoms with E-state index in [2.05, 4.69) is 20.3 Å². The van der Waals surface area contributed by atoms with Crippen molar-refractivity contribution in [2.24, 2.45) is 0 Å². The number of fused-ring (bicyclic) bond motifs is 1. The molecule has 0 saturated carbocycles. The lowest BCUT2D eigenvalue weighted by Crippen LogP contribution is -2.29. The van der Waals surface area contributed by atoms with Crippen LogP contribution in [0, 0.1) is 0 Å². The summed E-state index contributed by atoms with van der Waals surface area (Å²) in [7, 11) is 0. The lowest BCUT2D eigenvalue weighted by molar-refractivity contribution is 0.0942. The third-order valence-corrected chi connectivity index (χ3v) is 4.48. The van der Waals surface area contributed by atoms with Crippen molar-refractivity contribution in [1.29, 1.82) is 0 Å². The number of aromatic amines is 1. The summed E-state index contributed by atoms with van der Waals surface area (Å²) in [5.41, 5.74) is 4.25. The third kappa shape index (κ3) is 3.71. The van der Waals surface area contributed by atoms with Gasteiger partial charge in [-0.3, -0.25) is 4.79 Å². The van der Waals surface area contributed by atoms with Crippen molar-refractivity contribution in [3.8, 4) is 5.88 Å². The van der Waals surface area contributed by atoms with Gasteiger partial charge in [-0.25, -0.2) is 9.97 Å². The molecule has 0 saturated heterocycles. The number of imidazole rings is 1. The Morgan fingerprint density at radius 3 is 2.68 bits per heavy atom. The number of H-pyrrole nitrogens is 1. The highest BCUT2D eigenvalue weighted by Crippen LogP contribution is 2.25. The smallest absolute Gasteiger partial charge is 0.253 e. The van der Waals surface area contributed by atoms with Crippen LogP contribution in [0.15, 0.2) is 73.2 Å². The predicted molar refractivity (Wildman–Crippen MR) is 107 cm³/mol. The number of amides is 1. The molecule has 0 spiro atoms. The Hall–Kier alpha value is -3.67. The Bertz CT molecular complexity index is 1070. The van der Waals surface area contributed by atoms with Crippen LogP contribution in [0.5, 0.6) is 5.88 Å². The van der Waals surface area contributed by atoms with Gasteiger partial charge < -0.3 is 15.0 Å². The minimum Gasteiger partial charge on any atom is -0.478 e. The lowest BCUT2D eigenvalue weighted by atomic mass is 9.98. The molecule has 0 bridgehead atoms. The Balaban J connectivity index is 1.64. The zero-order chi connectivity index (χ0) is 19.3. The molecule has 28 heavy (non-hydrogen) atoms. The van der Waals surface area contributed by atoms with E-state index >= 15 is 0 Å². The van der Waals surface area contributed by atoms with Gasteiger partial charge in [-0.2, -0.15) is 0 Å². The molecule has 2 aromatic carbocycles. The van der Waals surface area contributed by atoms with Crippen LogP contribution in [0.25, 0.3) is 11.0 Å². The molecule has 6 nitrogen and oxygen atoms in total. The lowest BCUT2D eigenvalue weighted by Gasteiger charge is -2.20. The normalized spacial score (nSPS) is 11.9. The first-order chi connectivity index (χ1) is 13.7. The molecule has 2 heterocycles. The minimum atomic E-state index is -0.298. The fraction of sp³-hybridized carbons (Fsp3) is 0.136. The molecule has 6 heteroatoms. The molecular formula is C22H20N4O2. The van der Waals surface area contributed by atoms with Gasteiger partial charge in [-0.1, -0.05) is 36.4 Å². The Morgan fingerprint density at radius 2 is 1.93 bits per heavy atom. The molecule has 0 fully saturated rings. The summed E-state index contributed by atoms with van der Waals surface area (Å²) in [6.45, 7) is 2.42. The Labute approximate surface area is 162 Å². The van der Waals surface area contributed by atoms with Gasteiger partial charge in [0.1, 0.15) is 0 Å². The van der Waals surface area contributed by atoms with Crippen molar-refractivity contribution in [3.63, 3.8) is 0 Å². The first-order valence-electron chi connectivity index (χ1n) is 9.12. The monoisotopic (exact) mass is 372 g/mol. The van der Waals surface area contributed by atoms with E-state index in [-0.39, 0.29) is 11.9 Å². The van der Waals surface area contributed by atoms with E-state index < -0.39 is 0 Å². The summed E-state index contributed by atoms with van der Waals surface area (Å²) in [5, 5.41) is 3.12. The summed E-state index contributed by atoms with van der Waals surface area (Å²) in [6, 6.07) is 18.9. The van der Waals surface area contributed by atoms with Crippen LogP contribution in [0.4, 0.5) is 0 Å². The van der Waals surface area contributed by atoms with E-state index in [0.717, 1.165) is 22.2 Å². The molecule has 2 N–H and O–H groups in total. The highest BCUT2D eigenvalue weighted by molar-refractivity contribution is 5.94. The number of ether oxygens (including phenoxy) is 1. The molecule has 1 unspecified atom stereocenters. The van der Waals surface area contributed by atoms with E-state index in [1.54, 1.807) is 18.5 Å². The maximum atomic E-state index is 12.9. The van der Waals surface area contributed by atoms with E-state index in [4.69, 9.17) is 4.74 Å². The van der Waals surface area contributed by atoms with E-state index in [0.29, 0.717) is 18.1 Å². The quantitative estimate of drug-likeness (QED) is 0.538. The van der Waals surface area contributed by atoms with Crippen LogP contribution in [0.3, 0.4) is 0 Å². The second-order valence-corrected chi connectivity index (χ2v) is 6.31. The average Bonchev–Trinajstić information content (AvgIpc) is 3.21. The van der Waals surface area contributed by atoms with Crippen LogP contribution >= 0.6 is 0 Å². The maximum absolute atomic E-state index is 12.9. The van der Waals surface area contributed by atoms with Crippen LogP contribution in [0.1, 0.15) is 34.5 Å². The highest BCUT2D eigenvalue weighted by Gasteiger charge is 2.19. The van der Waals surface area contributed by atoms with Gasteiger partial charge in [0.15, 0.2) is 0 Å². The standard InChI is InChI=1S/C22H20N4O2/c1-2-28-20-11-9-17(13-23-20)22(27)26-21(15-6-4-3-5-7-15)16-8-10-18-19(12-16)25-14-24-18/h3-14,21H,2H2,1H3,(H,24,25)(H,26,27). The molecule has 0 aliphatic carbocycles. The Kier molecular flexibility index (Phi) is 5.01. The minimum absolute atomic E-state index is 0.200. The summed E-state index contributed by atoms with van der Waals surface area (Å²) >= 11 is 0. The summed E-state index contributed by atoms with van der Waals surface area (Å²) in [4.78, 5) is 24.4. The van der Waals surface area contributed by atoms with Gasteiger partial charge in [0.05, 0.1) is 35.6 Å². The number of carbonyl (C=O) groups excluding carboxylic acids is 1. The summed E-state index contributed by atoms with van der Waals surface area (Å²) in [5.74, 6) is 0.303. The van der Waals surface area contributed by atoms with Crippen molar-refractivity contribution in [2.45, 2.75) is 13.0 Å². The van der Waals surface area contributed by atoms with Crippen molar-refractivity contribution in [3.05, 3.63) is 89.9 Å². The van der Waals surface area contributed by atoms with Crippen LogP contribution in [0.2, 0.25) is 0 Å². The number of carbonyl (C=O) groups is 1. The second-order valence-electron chi connectivity index (χ2n) is 6.31. The highest BCUT2D eigenvalue weighted by atomic mass is 16.5. The molecule has 0 radical (unpaired) electrons. The van der Waals surface area contributed by atoms with Gasteiger partial charge in [-0.05, 0) is 36.2 Å². The predicted octanol–water partition coefficient (Wildman–Crippen LogP) is 3.88. The fourth-order valence-electron chi connectivity index (χ4n) is 3.10. The van der Waals surface area contributed by atoms with Crippen molar-refractivity contribution in [2.75, 3.05) is 6.61 Å². The van der Waals surface area contributed by atoms with E-state index in [1.165, 1.54) is 6.20 Å². The van der Waals surface area contributed by atoms with Crippen molar-refractivity contribution < 1.29 is 9.53 Å². The number of benzene rings is 2. The molecule has 0 aliphatic heterocycles. The molecule has 140 valence electrons. The maximum Gasteiger partial charge on any atom is 0.253 e. The van der Waals surface area contributed by atoms with Crippen molar-refractivity contribution >= 4 is 16.9 Å². The zero-order valence-corrected chi connectivity index (χ0v) is 15.4. The van der Waals surface area contributed by atoms with Crippen LogP contribution < -0.4 is 10.1 Å². The number of hydrogen-bond acceptors (Lipinski definition) is 4. The van der Waals surface area contributed by atoms with Gasteiger partial charge in [-0.15, -0.1) is 0 Å². The van der Waals surface area contributed by atoms with E-state index in [9.17, 15) is 4.79 Å². The first kappa shape index (κ1) is 17.7. The second kappa shape index (κ2) is 7.92. The molecular weight excluding hydrogens is 352 g/mol. The molecule has 1 atom stereocenters. The van der Waals surface area contributed by atoms with Crippen LogP contribution in [-0.4, -0.2) is 27.5 Å². The van der Waals surface area contributed by atoms with Gasteiger partial charge in [0.2, 0.25) is 5.88 Å². The first-order valence-corrected chi connectivity index (χ1v) is 9.12. The zero-order valence-electron chi connectivity index (χ0n) is 15.4. The number of hydrogen-bond donors (Lipinski definition) is 2. The molecule has 4 aromatic rings. The number of pyridine rings is 1. The largest absolute Gasteiger partial charge is 0.478 e. The molecule has 4 rings (SSSR count). The number of nitrogens with one attached hydrogen (secondary N) is 2. The fourth-order valence-corrected chi connectivity index (χ4v) is 3.10. The number of rotatable bonds is 6. The summed E-state index contributed by atoms with van der Waals surface area (Å²) < 4.78 is 5.34. The SMILES string of the molecule is CCOc1ccc(C(=O)NC(c2ccccc2)c2ccc3nc[nH]c3c2)cn1. The topological polar surface area (TPSA) is 79.9 Å². The molecule has 0 aliphatic rings. The average molecular weight is 372 g/mol. The number of aromatic nitrogens is 3. The van der Waals surface area contributed by atoms with E-state index in [1.807, 2.05) is 55.5 Å². The summed E-state index contributed by atoms with van der Waals surface area (Å²) in [6.07, 6.45) is 3.19. The van der Waals surface area contributed by atoms with Gasteiger partial charge >= 0.3 is 0 Å². The molecule has 2 aromatic heterocycles. The van der Waals surface area contributed by atoms with Crippen molar-refractivity contribution in [1.82, 2.24) is 20.3 Å². The van der Waals surface area contributed by atoms with Gasteiger partial charge in [0.25, 0.3) is 5.91 Å². The third-order valence-electron chi connectivity index (χ3n) is 4.48. The number of nitrogens with zero attached hydrogens (tertiary/aromatic N) is 2. The van der Waals surface area contributed by atoms with Crippen LogP contribution in [-0.2, 0) is 0 Å². The molecule has 1 amide bonds. The Morgan fingerprint density at radius 1 is 1.07 bits per heavy atom.